The number of aromatic nitrogens is 1. The summed E-state index contributed by atoms with van der Waals surface area (Å²) in [6.07, 6.45) is 2.25. The van der Waals surface area contributed by atoms with Crippen LogP contribution >= 0.6 is 11.3 Å². The highest BCUT2D eigenvalue weighted by Crippen LogP contribution is 2.41. The van der Waals surface area contributed by atoms with Gasteiger partial charge in [0.05, 0.1) is 12.8 Å². The van der Waals surface area contributed by atoms with Crippen molar-refractivity contribution in [3.05, 3.63) is 29.3 Å². The van der Waals surface area contributed by atoms with Crippen molar-refractivity contribution in [3.63, 3.8) is 0 Å². The number of rotatable bonds is 5. The lowest BCUT2D eigenvalue weighted by molar-refractivity contribution is 0.403. The summed E-state index contributed by atoms with van der Waals surface area (Å²) in [4.78, 5) is 4.32. The minimum Gasteiger partial charge on any atom is -0.495 e. The lowest BCUT2D eigenvalue weighted by Crippen LogP contribution is -2.14. The third-order valence-electron chi connectivity index (χ3n) is 3.22. The first-order chi connectivity index (χ1) is 9.99. The zero-order valence-corrected chi connectivity index (χ0v) is 13.0. The zero-order valence-electron chi connectivity index (χ0n) is 11.4. The number of ether oxygens (including phenoxy) is 1. The zero-order chi connectivity index (χ0) is 15.0. The van der Waals surface area contributed by atoms with E-state index in [2.05, 4.69) is 9.71 Å². The normalized spacial score (nSPS) is 14.9. The van der Waals surface area contributed by atoms with Gasteiger partial charge in [-0.1, -0.05) is 0 Å². The van der Waals surface area contributed by atoms with Gasteiger partial charge in [-0.2, -0.15) is 0 Å². The largest absolute Gasteiger partial charge is 0.495 e. The first kappa shape index (κ1) is 14.2. The molecule has 0 aliphatic heterocycles. The smallest absolute Gasteiger partial charge is 0.267 e. The summed E-state index contributed by atoms with van der Waals surface area (Å²) in [5, 5.41) is 2.26. The van der Waals surface area contributed by atoms with Gasteiger partial charge in [-0.3, -0.25) is 4.72 Å². The molecule has 1 fully saturated rings. The highest BCUT2D eigenvalue weighted by atomic mass is 32.2. The number of nitrogens with two attached hydrogens (primary N) is 1. The van der Waals surface area contributed by atoms with Crippen LogP contribution in [-0.4, -0.2) is 20.5 Å². The van der Waals surface area contributed by atoms with Gasteiger partial charge in [-0.15, -0.1) is 11.3 Å². The number of benzene rings is 1. The van der Waals surface area contributed by atoms with Gasteiger partial charge in [0.25, 0.3) is 10.0 Å². The van der Waals surface area contributed by atoms with E-state index < -0.39 is 10.0 Å². The van der Waals surface area contributed by atoms with Crippen LogP contribution in [0.5, 0.6) is 5.75 Å². The number of nitrogens with one attached hydrogen (secondary N) is 1. The van der Waals surface area contributed by atoms with E-state index in [1.165, 1.54) is 30.6 Å². The fourth-order valence-corrected chi connectivity index (χ4v) is 4.22. The maximum absolute atomic E-state index is 12.4. The van der Waals surface area contributed by atoms with Gasteiger partial charge in [-0.25, -0.2) is 13.4 Å². The van der Waals surface area contributed by atoms with E-state index in [0.29, 0.717) is 16.7 Å². The molecule has 0 atom stereocenters. The van der Waals surface area contributed by atoms with Crippen LogP contribution in [0.25, 0.3) is 0 Å². The van der Waals surface area contributed by atoms with Gasteiger partial charge in [0.15, 0.2) is 5.13 Å². The van der Waals surface area contributed by atoms with Crippen LogP contribution in [0.1, 0.15) is 24.5 Å². The molecule has 8 heteroatoms. The molecule has 0 bridgehead atoms. The summed E-state index contributed by atoms with van der Waals surface area (Å²) >= 11 is 1.28. The Balaban J connectivity index is 1.90. The minimum absolute atomic E-state index is 0.00757. The standard InChI is InChI=1S/C13H15N3O3S2/c1-19-11-5-4-9(14)6-12(11)21(17,18)16-13-15-10(7-20-13)8-2-3-8/h4-8H,2-3,14H2,1H3,(H,15,16). The molecule has 0 saturated heterocycles. The molecule has 1 aromatic heterocycles. The predicted molar refractivity (Wildman–Crippen MR) is 82.3 cm³/mol. The van der Waals surface area contributed by atoms with Crippen LogP contribution in [0.4, 0.5) is 10.8 Å². The van der Waals surface area contributed by atoms with Gasteiger partial charge >= 0.3 is 0 Å². The number of hydrogen-bond donors (Lipinski definition) is 2. The molecule has 3 rings (SSSR count). The number of thiazole rings is 1. The van der Waals surface area contributed by atoms with Crippen LogP contribution < -0.4 is 15.2 Å². The van der Waals surface area contributed by atoms with Crippen LogP contribution in [0, 0.1) is 0 Å². The molecule has 2 aromatic rings. The maximum Gasteiger partial charge on any atom is 0.267 e. The van der Waals surface area contributed by atoms with Gasteiger partial charge in [-0.05, 0) is 31.0 Å². The van der Waals surface area contributed by atoms with E-state index in [1.807, 2.05) is 5.38 Å². The quantitative estimate of drug-likeness (QED) is 0.823. The molecule has 1 aromatic carbocycles. The molecule has 6 nitrogen and oxygen atoms in total. The Labute approximate surface area is 127 Å². The van der Waals surface area contributed by atoms with E-state index in [4.69, 9.17) is 10.5 Å². The molecule has 0 unspecified atom stereocenters. The van der Waals surface area contributed by atoms with Crippen LogP contribution in [-0.2, 0) is 10.0 Å². The highest BCUT2D eigenvalue weighted by molar-refractivity contribution is 7.93. The Morgan fingerprint density at radius 1 is 1.43 bits per heavy atom. The van der Waals surface area contributed by atoms with E-state index >= 15 is 0 Å². The second-order valence-corrected chi connectivity index (χ2v) is 7.38. The number of nitrogens with zero attached hydrogens (tertiary/aromatic N) is 1. The lowest BCUT2D eigenvalue weighted by atomic mass is 10.3. The number of nitrogen functional groups attached to an aromatic ring is 1. The van der Waals surface area contributed by atoms with Gasteiger partial charge in [0.1, 0.15) is 10.6 Å². The van der Waals surface area contributed by atoms with Crippen molar-refractivity contribution in [2.75, 3.05) is 17.6 Å². The molecule has 0 radical (unpaired) electrons. The summed E-state index contributed by atoms with van der Waals surface area (Å²) in [6.45, 7) is 0. The van der Waals surface area contributed by atoms with Crippen molar-refractivity contribution in [1.29, 1.82) is 0 Å². The molecule has 3 N–H and O–H groups in total. The highest BCUT2D eigenvalue weighted by Gasteiger charge is 2.27. The molecular weight excluding hydrogens is 310 g/mol. The Morgan fingerprint density at radius 2 is 2.19 bits per heavy atom. The van der Waals surface area contributed by atoms with Gasteiger partial charge < -0.3 is 10.5 Å². The first-order valence-corrected chi connectivity index (χ1v) is 8.77. The molecule has 21 heavy (non-hydrogen) atoms. The summed E-state index contributed by atoms with van der Waals surface area (Å²) in [5.41, 5.74) is 6.97. The Kier molecular flexibility index (Phi) is 3.50. The second-order valence-electron chi connectivity index (χ2n) is 4.87. The van der Waals surface area contributed by atoms with E-state index in [1.54, 1.807) is 6.07 Å². The average Bonchev–Trinajstić information content (AvgIpc) is 3.20. The fraction of sp³-hybridized carbons (Fsp3) is 0.308. The molecule has 1 heterocycles. The predicted octanol–water partition coefficient (Wildman–Crippen LogP) is 2.41. The molecule has 1 aliphatic carbocycles. The lowest BCUT2D eigenvalue weighted by Gasteiger charge is -2.10. The van der Waals surface area contributed by atoms with E-state index in [9.17, 15) is 8.42 Å². The van der Waals surface area contributed by atoms with Crippen molar-refractivity contribution < 1.29 is 13.2 Å². The average molecular weight is 325 g/mol. The topological polar surface area (TPSA) is 94.3 Å². The van der Waals surface area contributed by atoms with Crippen LogP contribution in [0.15, 0.2) is 28.5 Å². The summed E-state index contributed by atoms with van der Waals surface area (Å²) in [7, 11) is -2.36. The second kappa shape index (κ2) is 5.19. The number of methoxy groups -OCH3 is 1. The van der Waals surface area contributed by atoms with E-state index in [-0.39, 0.29) is 10.6 Å². The number of anilines is 2. The van der Waals surface area contributed by atoms with Crippen molar-refractivity contribution in [2.24, 2.45) is 0 Å². The van der Waals surface area contributed by atoms with Crippen molar-refractivity contribution in [3.8, 4) is 5.75 Å². The van der Waals surface area contributed by atoms with Crippen molar-refractivity contribution in [2.45, 2.75) is 23.7 Å². The monoisotopic (exact) mass is 325 g/mol. The Hall–Kier alpha value is -1.80. The Morgan fingerprint density at radius 3 is 2.86 bits per heavy atom. The summed E-state index contributed by atoms with van der Waals surface area (Å²) in [5.74, 6) is 0.733. The van der Waals surface area contributed by atoms with Crippen molar-refractivity contribution >= 4 is 32.2 Å². The third-order valence-corrected chi connectivity index (χ3v) is 5.48. The molecule has 0 spiro atoms. The number of sulfonamides is 1. The van der Waals surface area contributed by atoms with Gasteiger partial charge in [0, 0.05) is 17.0 Å². The summed E-state index contributed by atoms with van der Waals surface area (Å²) in [6, 6.07) is 4.49. The molecule has 112 valence electrons. The first-order valence-electron chi connectivity index (χ1n) is 6.41. The molecule has 0 amide bonds. The Bertz CT molecular complexity index is 767. The van der Waals surface area contributed by atoms with E-state index in [0.717, 1.165) is 18.5 Å². The van der Waals surface area contributed by atoms with Crippen LogP contribution in [0.3, 0.4) is 0 Å². The molecular formula is C13H15N3O3S2. The number of hydrogen-bond acceptors (Lipinski definition) is 6. The fourth-order valence-electron chi connectivity index (χ4n) is 1.97. The third kappa shape index (κ3) is 2.96. The maximum atomic E-state index is 12.4. The molecule has 1 saturated carbocycles. The summed E-state index contributed by atoms with van der Waals surface area (Å²) < 4.78 is 32.5. The van der Waals surface area contributed by atoms with Crippen molar-refractivity contribution in [1.82, 2.24) is 4.98 Å². The van der Waals surface area contributed by atoms with Gasteiger partial charge in [0.2, 0.25) is 0 Å². The van der Waals surface area contributed by atoms with Crippen LogP contribution in [0.2, 0.25) is 0 Å². The minimum atomic E-state index is -3.78. The SMILES string of the molecule is COc1ccc(N)cc1S(=O)(=O)Nc1nc(C2CC2)cs1. The molecule has 1 aliphatic rings.